The van der Waals surface area contributed by atoms with Gasteiger partial charge >= 0.3 is 0 Å². The Morgan fingerprint density at radius 1 is 1.14 bits per heavy atom. The van der Waals surface area contributed by atoms with Crippen molar-refractivity contribution in [1.29, 1.82) is 0 Å². The average molecular weight is 477 g/mol. The van der Waals surface area contributed by atoms with Crippen molar-refractivity contribution in [2.24, 2.45) is 0 Å². The van der Waals surface area contributed by atoms with Gasteiger partial charge in [-0.05, 0) is 49.6 Å². The number of amides is 1. The summed E-state index contributed by atoms with van der Waals surface area (Å²) in [6.45, 7) is 2.02. The molecule has 0 bridgehead atoms. The number of ether oxygens (including phenoxy) is 4. The summed E-state index contributed by atoms with van der Waals surface area (Å²) >= 11 is 0. The van der Waals surface area contributed by atoms with E-state index in [9.17, 15) is 9.90 Å². The Hall–Kier alpha value is -3.62. The van der Waals surface area contributed by atoms with Crippen LogP contribution in [-0.2, 0) is 14.9 Å². The fourth-order valence-corrected chi connectivity index (χ4v) is 4.32. The van der Waals surface area contributed by atoms with Gasteiger partial charge in [-0.3, -0.25) is 4.79 Å². The standard InChI is InChI=1S/C27H28N2O6/c1-17(30)15-33-25(20-5-3-4-6-21(20)32-2)18-7-10-24(28-14-18)29-26(31)27(11-12-27)19-8-9-22-23(13-19)35-16-34-22/h3-10,13-14,17,25,30H,11-12,15-16H2,1-2H3,(H,28,29,31). The van der Waals surface area contributed by atoms with Crippen molar-refractivity contribution >= 4 is 11.7 Å². The minimum Gasteiger partial charge on any atom is -0.496 e. The van der Waals surface area contributed by atoms with E-state index in [1.54, 1.807) is 26.3 Å². The minimum atomic E-state index is -0.621. The second-order valence-corrected chi connectivity index (χ2v) is 8.89. The fourth-order valence-electron chi connectivity index (χ4n) is 4.32. The third-order valence-electron chi connectivity index (χ3n) is 6.37. The quantitative estimate of drug-likeness (QED) is 0.482. The van der Waals surface area contributed by atoms with Crippen LogP contribution >= 0.6 is 0 Å². The van der Waals surface area contributed by atoms with Crippen LogP contribution in [0.25, 0.3) is 0 Å². The van der Waals surface area contributed by atoms with Crippen molar-refractivity contribution in [3.8, 4) is 17.2 Å². The molecule has 2 atom stereocenters. The smallest absolute Gasteiger partial charge is 0.236 e. The number of hydrogen-bond donors (Lipinski definition) is 2. The summed E-state index contributed by atoms with van der Waals surface area (Å²) in [4.78, 5) is 17.7. The van der Waals surface area contributed by atoms with Gasteiger partial charge < -0.3 is 29.4 Å². The number of para-hydroxylation sites is 1. The zero-order valence-electron chi connectivity index (χ0n) is 19.7. The number of anilines is 1. The molecule has 1 saturated carbocycles. The number of fused-ring (bicyclic) bond motifs is 1. The molecule has 182 valence electrons. The van der Waals surface area contributed by atoms with Gasteiger partial charge in [0.25, 0.3) is 0 Å². The van der Waals surface area contributed by atoms with Crippen LogP contribution < -0.4 is 19.5 Å². The maximum Gasteiger partial charge on any atom is 0.236 e. The van der Waals surface area contributed by atoms with Crippen LogP contribution in [-0.4, -0.2) is 42.6 Å². The molecule has 2 N–H and O–H groups in total. The van der Waals surface area contributed by atoms with E-state index in [1.807, 2.05) is 48.5 Å². The van der Waals surface area contributed by atoms with E-state index in [2.05, 4.69) is 10.3 Å². The van der Waals surface area contributed by atoms with Crippen LogP contribution in [0.2, 0.25) is 0 Å². The lowest BCUT2D eigenvalue weighted by atomic mass is 9.94. The Labute approximate surface area is 203 Å². The highest BCUT2D eigenvalue weighted by Crippen LogP contribution is 2.51. The lowest BCUT2D eigenvalue weighted by molar-refractivity contribution is -0.118. The SMILES string of the molecule is COc1ccccc1C(OCC(C)O)c1ccc(NC(=O)C2(c3ccc4c(c3)OCO4)CC2)nc1. The first kappa shape index (κ1) is 23.1. The highest BCUT2D eigenvalue weighted by atomic mass is 16.7. The number of nitrogens with one attached hydrogen (secondary N) is 1. The molecule has 2 aliphatic rings. The predicted octanol–water partition coefficient (Wildman–Crippen LogP) is 3.98. The summed E-state index contributed by atoms with van der Waals surface area (Å²) in [5, 5.41) is 12.7. The topological polar surface area (TPSA) is 99.1 Å². The number of carbonyl (C=O) groups is 1. The molecule has 5 rings (SSSR count). The van der Waals surface area contributed by atoms with Crippen LogP contribution in [0.5, 0.6) is 17.2 Å². The first-order chi connectivity index (χ1) is 17.0. The summed E-state index contributed by atoms with van der Waals surface area (Å²) in [5.41, 5.74) is 1.94. The molecular weight excluding hydrogens is 448 g/mol. The maximum absolute atomic E-state index is 13.2. The zero-order valence-corrected chi connectivity index (χ0v) is 19.7. The zero-order chi connectivity index (χ0) is 24.4. The van der Waals surface area contributed by atoms with Crippen LogP contribution in [0.4, 0.5) is 5.82 Å². The minimum absolute atomic E-state index is 0.0942. The second-order valence-electron chi connectivity index (χ2n) is 8.89. The first-order valence-corrected chi connectivity index (χ1v) is 11.6. The third kappa shape index (κ3) is 4.67. The fraction of sp³-hybridized carbons (Fsp3) is 0.333. The van der Waals surface area contributed by atoms with Gasteiger partial charge in [0.05, 0.1) is 25.2 Å². The summed E-state index contributed by atoms with van der Waals surface area (Å²) in [6, 6.07) is 16.9. The Morgan fingerprint density at radius 2 is 1.94 bits per heavy atom. The first-order valence-electron chi connectivity index (χ1n) is 11.6. The molecule has 1 fully saturated rings. The number of nitrogens with zero attached hydrogens (tertiary/aromatic N) is 1. The Balaban J connectivity index is 1.34. The third-order valence-corrected chi connectivity index (χ3v) is 6.37. The molecule has 0 saturated heterocycles. The maximum atomic E-state index is 13.2. The van der Waals surface area contributed by atoms with Crippen molar-refractivity contribution < 1.29 is 28.8 Å². The molecule has 2 unspecified atom stereocenters. The molecule has 1 aromatic heterocycles. The number of hydrogen-bond acceptors (Lipinski definition) is 7. The van der Waals surface area contributed by atoms with Crippen LogP contribution in [0.3, 0.4) is 0 Å². The molecule has 1 aliphatic heterocycles. The summed E-state index contributed by atoms with van der Waals surface area (Å²) in [7, 11) is 1.61. The number of aromatic nitrogens is 1. The number of carbonyl (C=O) groups excluding carboxylic acids is 1. The van der Waals surface area contributed by atoms with Gasteiger partial charge in [0, 0.05) is 17.3 Å². The molecule has 0 radical (unpaired) electrons. The molecular formula is C27H28N2O6. The van der Waals surface area contributed by atoms with Gasteiger partial charge in [0.15, 0.2) is 11.5 Å². The second kappa shape index (κ2) is 9.56. The van der Waals surface area contributed by atoms with Crippen molar-refractivity contribution in [2.75, 3.05) is 25.8 Å². The van der Waals surface area contributed by atoms with Crippen molar-refractivity contribution in [3.63, 3.8) is 0 Å². The number of rotatable bonds is 9. The molecule has 1 amide bonds. The Bertz CT molecular complexity index is 1210. The van der Waals surface area contributed by atoms with Gasteiger partial charge in [0.2, 0.25) is 12.7 Å². The lowest BCUT2D eigenvalue weighted by Gasteiger charge is -2.22. The van der Waals surface area contributed by atoms with E-state index in [4.69, 9.17) is 18.9 Å². The Kier molecular flexibility index (Phi) is 6.32. The molecule has 1 aliphatic carbocycles. The van der Waals surface area contributed by atoms with Crippen LogP contribution in [0, 0.1) is 0 Å². The van der Waals surface area contributed by atoms with Crippen LogP contribution in [0.15, 0.2) is 60.8 Å². The van der Waals surface area contributed by atoms with E-state index in [0.717, 1.165) is 29.5 Å². The lowest BCUT2D eigenvalue weighted by Crippen LogP contribution is -2.28. The normalized spacial score (nSPS) is 16.9. The molecule has 3 aromatic rings. The highest BCUT2D eigenvalue weighted by Gasteiger charge is 2.51. The molecule has 2 heterocycles. The number of aliphatic hydroxyl groups excluding tert-OH is 1. The highest BCUT2D eigenvalue weighted by molar-refractivity contribution is 6.01. The van der Waals surface area contributed by atoms with E-state index in [-0.39, 0.29) is 19.3 Å². The van der Waals surface area contributed by atoms with E-state index < -0.39 is 17.6 Å². The summed E-state index contributed by atoms with van der Waals surface area (Å²) < 4.78 is 22.4. The number of methoxy groups -OCH3 is 1. The van der Waals surface area contributed by atoms with Crippen molar-refractivity contribution in [2.45, 2.75) is 37.4 Å². The molecule has 2 aromatic carbocycles. The van der Waals surface area contributed by atoms with E-state index in [1.165, 1.54) is 0 Å². The van der Waals surface area contributed by atoms with Gasteiger partial charge in [-0.25, -0.2) is 4.98 Å². The summed E-state index contributed by atoms with van der Waals surface area (Å²) in [5.74, 6) is 2.41. The van der Waals surface area contributed by atoms with Gasteiger partial charge in [-0.15, -0.1) is 0 Å². The Morgan fingerprint density at radius 3 is 2.66 bits per heavy atom. The number of benzene rings is 2. The van der Waals surface area contributed by atoms with Gasteiger partial charge in [0.1, 0.15) is 17.7 Å². The number of aliphatic hydroxyl groups is 1. The summed E-state index contributed by atoms with van der Waals surface area (Å²) in [6.07, 6.45) is 2.10. The van der Waals surface area contributed by atoms with Gasteiger partial charge in [-0.2, -0.15) is 0 Å². The van der Waals surface area contributed by atoms with E-state index >= 15 is 0 Å². The van der Waals surface area contributed by atoms with Crippen molar-refractivity contribution in [3.05, 3.63) is 77.5 Å². The van der Waals surface area contributed by atoms with Crippen molar-refractivity contribution in [1.82, 2.24) is 4.98 Å². The van der Waals surface area contributed by atoms with Crippen LogP contribution in [0.1, 0.15) is 42.6 Å². The predicted molar refractivity (Wildman–Crippen MR) is 129 cm³/mol. The molecule has 8 heteroatoms. The van der Waals surface area contributed by atoms with Gasteiger partial charge in [-0.1, -0.05) is 30.3 Å². The molecule has 35 heavy (non-hydrogen) atoms. The van der Waals surface area contributed by atoms with E-state index in [0.29, 0.717) is 23.1 Å². The molecule has 8 nitrogen and oxygen atoms in total. The molecule has 0 spiro atoms. The number of pyridine rings is 1. The largest absolute Gasteiger partial charge is 0.496 e. The average Bonchev–Trinajstić information content (AvgIpc) is 3.56. The monoisotopic (exact) mass is 476 g/mol.